The molecule has 5 heteroatoms. The fourth-order valence-corrected chi connectivity index (χ4v) is 4.10. The van der Waals surface area contributed by atoms with Crippen molar-refractivity contribution in [2.75, 3.05) is 40.1 Å². The lowest BCUT2D eigenvalue weighted by atomic mass is 9.98. The van der Waals surface area contributed by atoms with E-state index in [-0.39, 0.29) is 6.61 Å². The van der Waals surface area contributed by atoms with Crippen LogP contribution in [0.1, 0.15) is 45.4 Å². The minimum Gasteiger partial charge on any atom is -0.493 e. The molecule has 0 aromatic heterocycles. The topological polar surface area (TPSA) is 57.2 Å². The maximum Gasteiger partial charge on any atom is 0.127 e. The highest BCUT2D eigenvalue weighted by molar-refractivity contribution is 5.77. The molecule has 3 aromatic carbocycles. The summed E-state index contributed by atoms with van der Waals surface area (Å²) in [5, 5.41) is 9.16. The first-order valence-corrected chi connectivity index (χ1v) is 13.6. The fourth-order valence-electron chi connectivity index (χ4n) is 4.10. The first kappa shape index (κ1) is 29.3. The van der Waals surface area contributed by atoms with Crippen molar-refractivity contribution in [2.45, 2.75) is 45.4 Å². The Kier molecular flexibility index (Phi) is 12.7. The van der Waals surface area contributed by atoms with Gasteiger partial charge in [0, 0.05) is 19.1 Å². The van der Waals surface area contributed by atoms with Crippen molar-refractivity contribution in [3.8, 4) is 39.5 Å². The van der Waals surface area contributed by atoms with Crippen LogP contribution < -0.4 is 14.2 Å². The Morgan fingerprint density at radius 2 is 1.39 bits per heavy atom. The van der Waals surface area contributed by atoms with Gasteiger partial charge in [-0.1, -0.05) is 75.6 Å². The molecule has 0 unspecified atom stereocenters. The number of hydrogen-bond donors (Lipinski definition) is 1. The van der Waals surface area contributed by atoms with Crippen molar-refractivity contribution in [3.63, 3.8) is 0 Å². The van der Waals surface area contributed by atoms with E-state index in [0.29, 0.717) is 32.8 Å². The van der Waals surface area contributed by atoms with E-state index in [0.717, 1.165) is 51.5 Å². The number of aliphatic hydroxyl groups excluding tert-OH is 1. The molecule has 0 saturated carbocycles. The Labute approximate surface area is 228 Å². The van der Waals surface area contributed by atoms with Crippen LogP contribution in [-0.2, 0) is 4.74 Å². The van der Waals surface area contributed by atoms with Gasteiger partial charge in [0.2, 0.25) is 0 Å². The number of unbranched alkanes of at least 4 members (excludes halogenated alkanes) is 4. The zero-order valence-electron chi connectivity index (χ0n) is 22.9. The van der Waals surface area contributed by atoms with E-state index < -0.39 is 0 Å². The van der Waals surface area contributed by atoms with Crippen molar-refractivity contribution in [1.82, 2.24) is 0 Å². The van der Waals surface area contributed by atoms with Crippen molar-refractivity contribution in [2.24, 2.45) is 0 Å². The maximum absolute atomic E-state index is 9.16. The molecule has 3 rings (SSSR count). The molecule has 204 valence electrons. The van der Waals surface area contributed by atoms with E-state index in [4.69, 9.17) is 24.1 Å². The summed E-state index contributed by atoms with van der Waals surface area (Å²) >= 11 is 0. The maximum atomic E-state index is 9.16. The zero-order valence-corrected chi connectivity index (χ0v) is 22.9. The summed E-state index contributed by atoms with van der Waals surface area (Å²) in [5.41, 5.74) is 4.97. The normalized spacial score (nSPS) is 10.8. The van der Waals surface area contributed by atoms with Gasteiger partial charge in [0.15, 0.2) is 0 Å². The van der Waals surface area contributed by atoms with Crippen LogP contribution in [-0.4, -0.2) is 45.3 Å². The Hall–Kier alpha value is -3.28. The number of benzene rings is 3. The third kappa shape index (κ3) is 9.55. The fraction of sp³-hybridized carbons (Fsp3) is 0.394. The Balaban J connectivity index is 1.82. The quantitative estimate of drug-likeness (QED) is 0.138. The first-order chi connectivity index (χ1) is 18.6. The summed E-state index contributed by atoms with van der Waals surface area (Å²) in [6.45, 7) is 8.26. The minimum absolute atomic E-state index is 0.0146. The molecule has 0 bridgehead atoms. The molecule has 3 aromatic rings. The van der Waals surface area contributed by atoms with E-state index in [9.17, 15) is 0 Å². The summed E-state index contributed by atoms with van der Waals surface area (Å²) in [6.07, 6.45) is 6.57. The summed E-state index contributed by atoms with van der Waals surface area (Å²) in [4.78, 5) is 0. The Bertz CT molecular complexity index is 1120. The molecule has 0 radical (unpaired) electrons. The second-order valence-electron chi connectivity index (χ2n) is 9.38. The molecule has 0 aliphatic carbocycles. The van der Waals surface area contributed by atoms with Crippen LogP contribution in [0, 0.1) is 0 Å². The van der Waals surface area contributed by atoms with Crippen molar-refractivity contribution in [3.05, 3.63) is 78.9 Å². The van der Waals surface area contributed by atoms with Gasteiger partial charge in [-0.05, 0) is 59.0 Å². The predicted octanol–water partition coefficient (Wildman–Crippen LogP) is 7.71. The second kappa shape index (κ2) is 16.5. The van der Waals surface area contributed by atoms with Gasteiger partial charge in [0.1, 0.15) is 23.9 Å². The summed E-state index contributed by atoms with van der Waals surface area (Å²) in [7, 11) is 1.67. The van der Waals surface area contributed by atoms with Crippen molar-refractivity contribution in [1.29, 1.82) is 0 Å². The SMILES string of the molecule is C=C(CO)CCOc1cccc(-c2ccc(-c3cccc(OCCOC)c3)c(OCCCCCCC)c2)c1. The molecule has 0 saturated heterocycles. The minimum atomic E-state index is -0.0146. The van der Waals surface area contributed by atoms with Gasteiger partial charge in [-0.2, -0.15) is 0 Å². The van der Waals surface area contributed by atoms with Crippen LogP contribution in [0.15, 0.2) is 78.9 Å². The molecule has 0 spiro atoms. The van der Waals surface area contributed by atoms with Crippen LogP contribution in [0.25, 0.3) is 22.3 Å². The number of hydrogen-bond acceptors (Lipinski definition) is 5. The highest BCUT2D eigenvalue weighted by Crippen LogP contribution is 2.36. The van der Waals surface area contributed by atoms with Crippen LogP contribution in [0.3, 0.4) is 0 Å². The average Bonchev–Trinajstić information content (AvgIpc) is 2.95. The largest absolute Gasteiger partial charge is 0.493 e. The van der Waals surface area contributed by atoms with Gasteiger partial charge in [0.05, 0.1) is 26.4 Å². The van der Waals surface area contributed by atoms with E-state index in [1.54, 1.807) is 7.11 Å². The second-order valence-corrected chi connectivity index (χ2v) is 9.38. The molecule has 0 heterocycles. The van der Waals surface area contributed by atoms with Crippen LogP contribution in [0.5, 0.6) is 17.2 Å². The van der Waals surface area contributed by atoms with Gasteiger partial charge in [-0.3, -0.25) is 0 Å². The van der Waals surface area contributed by atoms with Gasteiger partial charge >= 0.3 is 0 Å². The number of ether oxygens (including phenoxy) is 4. The first-order valence-electron chi connectivity index (χ1n) is 13.6. The number of methoxy groups -OCH3 is 1. The van der Waals surface area contributed by atoms with Gasteiger partial charge in [-0.25, -0.2) is 0 Å². The molecule has 0 aliphatic rings. The summed E-state index contributed by atoms with van der Waals surface area (Å²) < 4.78 is 23.2. The molecule has 38 heavy (non-hydrogen) atoms. The molecule has 0 amide bonds. The van der Waals surface area contributed by atoms with Crippen LogP contribution >= 0.6 is 0 Å². The average molecular weight is 519 g/mol. The molecular weight excluding hydrogens is 476 g/mol. The summed E-state index contributed by atoms with van der Waals surface area (Å²) in [6, 6.07) is 22.5. The third-order valence-corrected chi connectivity index (χ3v) is 6.30. The number of aliphatic hydroxyl groups is 1. The molecular formula is C33H42O5. The van der Waals surface area contributed by atoms with Crippen LogP contribution in [0.4, 0.5) is 0 Å². The molecule has 5 nitrogen and oxygen atoms in total. The smallest absolute Gasteiger partial charge is 0.127 e. The van der Waals surface area contributed by atoms with E-state index in [2.05, 4.69) is 43.8 Å². The van der Waals surface area contributed by atoms with Crippen molar-refractivity contribution < 1.29 is 24.1 Å². The lowest BCUT2D eigenvalue weighted by Gasteiger charge is -2.15. The molecule has 0 fully saturated rings. The van der Waals surface area contributed by atoms with E-state index in [1.165, 1.54) is 25.7 Å². The van der Waals surface area contributed by atoms with Gasteiger partial charge in [-0.15, -0.1) is 0 Å². The van der Waals surface area contributed by atoms with Gasteiger partial charge < -0.3 is 24.1 Å². The van der Waals surface area contributed by atoms with Crippen molar-refractivity contribution >= 4 is 0 Å². The van der Waals surface area contributed by atoms with Crippen LogP contribution in [0.2, 0.25) is 0 Å². The Morgan fingerprint density at radius 1 is 0.711 bits per heavy atom. The molecule has 1 N–H and O–H groups in total. The summed E-state index contributed by atoms with van der Waals surface area (Å²) in [5.74, 6) is 2.46. The highest BCUT2D eigenvalue weighted by atomic mass is 16.5. The lowest BCUT2D eigenvalue weighted by Crippen LogP contribution is -2.04. The Morgan fingerprint density at radius 3 is 2.13 bits per heavy atom. The zero-order chi connectivity index (χ0) is 27.0. The monoisotopic (exact) mass is 518 g/mol. The van der Waals surface area contributed by atoms with E-state index >= 15 is 0 Å². The number of rotatable bonds is 18. The molecule has 0 atom stereocenters. The highest BCUT2D eigenvalue weighted by Gasteiger charge is 2.11. The lowest BCUT2D eigenvalue weighted by molar-refractivity contribution is 0.146. The van der Waals surface area contributed by atoms with Gasteiger partial charge in [0.25, 0.3) is 0 Å². The predicted molar refractivity (Wildman–Crippen MR) is 155 cm³/mol. The third-order valence-electron chi connectivity index (χ3n) is 6.30. The standard InChI is InChI=1S/C33H42O5/c1-4-5-6-7-8-18-38-33-24-28(27-11-9-13-30(22-27)36-19-17-26(2)25-34)15-16-32(33)29-12-10-14-31(23-29)37-21-20-35-3/h9-16,22-24,34H,2,4-8,17-21,25H2,1,3H3. The molecule has 0 aliphatic heterocycles. The van der Waals surface area contributed by atoms with E-state index in [1.807, 2.05) is 36.4 Å².